The fraction of sp³-hybridized carbons (Fsp3) is 0.0588. The Morgan fingerprint density at radius 1 is 1.04 bits per heavy atom. The van der Waals surface area contributed by atoms with E-state index in [1.807, 2.05) is 18.2 Å². The zero-order valence-corrected chi connectivity index (χ0v) is 13.8. The maximum atomic E-state index is 12.9. The molecule has 1 heterocycles. The van der Waals surface area contributed by atoms with Crippen molar-refractivity contribution in [3.8, 4) is 11.5 Å². The van der Waals surface area contributed by atoms with Crippen LogP contribution in [-0.4, -0.2) is 16.1 Å². The molecule has 3 aromatic rings. The predicted octanol–water partition coefficient (Wildman–Crippen LogP) is 5.40. The highest BCUT2D eigenvalue weighted by Crippen LogP contribution is 2.37. The second-order valence-electron chi connectivity index (χ2n) is 5.06. The van der Waals surface area contributed by atoms with Crippen molar-refractivity contribution in [2.75, 3.05) is 5.32 Å². The summed E-state index contributed by atoms with van der Waals surface area (Å²) >= 11 is 0.423. The van der Waals surface area contributed by atoms with Crippen molar-refractivity contribution in [2.24, 2.45) is 0 Å². The SMILES string of the molecule is O=C(O)c1sc(Nc2ccc(Oc3ccccc3)cc2)nc1C(F)(F)F. The molecule has 0 aliphatic carbocycles. The quantitative estimate of drug-likeness (QED) is 0.620. The van der Waals surface area contributed by atoms with E-state index in [-0.39, 0.29) is 5.13 Å². The molecule has 0 aliphatic rings. The van der Waals surface area contributed by atoms with Crippen molar-refractivity contribution in [1.29, 1.82) is 0 Å². The van der Waals surface area contributed by atoms with Crippen LogP contribution in [0.5, 0.6) is 11.5 Å². The maximum Gasteiger partial charge on any atom is 0.435 e. The van der Waals surface area contributed by atoms with Crippen LogP contribution in [-0.2, 0) is 6.18 Å². The second-order valence-corrected chi connectivity index (χ2v) is 6.06. The molecular formula is C17H11F3N2O3S. The molecule has 26 heavy (non-hydrogen) atoms. The zero-order valence-electron chi connectivity index (χ0n) is 12.9. The summed E-state index contributed by atoms with van der Waals surface area (Å²) in [7, 11) is 0. The van der Waals surface area contributed by atoms with E-state index < -0.39 is 22.7 Å². The van der Waals surface area contributed by atoms with Gasteiger partial charge in [0.2, 0.25) is 0 Å². The van der Waals surface area contributed by atoms with Crippen LogP contribution in [0, 0.1) is 0 Å². The summed E-state index contributed by atoms with van der Waals surface area (Å²) in [5.41, 5.74) is -0.966. The monoisotopic (exact) mass is 380 g/mol. The Hall–Kier alpha value is -3.07. The van der Waals surface area contributed by atoms with E-state index in [4.69, 9.17) is 9.84 Å². The molecule has 0 saturated heterocycles. The molecule has 0 atom stereocenters. The Kier molecular flexibility index (Phi) is 4.81. The van der Waals surface area contributed by atoms with Crippen molar-refractivity contribution in [1.82, 2.24) is 4.98 Å². The number of carboxylic acid groups (broad SMARTS) is 1. The topological polar surface area (TPSA) is 71.5 Å². The number of alkyl halides is 3. The van der Waals surface area contributed by atoms with Crippen LogP contribution < -0.4 is 10.1 Å². The summed E-state index contributed by atoms with van der Waals surface area (Å²) in [5, 5.41) is 11.4. The number of carbonyl (C=O) groups is 1. The van der Waals surface area contributed by atoms with Gasteiger partial charge in [-0.05, 0) is 36.4 Å². The normalized spacial score (nSPS) is 11.2. The fourth-order valence-corrected chi connectivity index (χ4v) is 2.91. The van der Waals surface area contributed by atoms with Gasteiger partial charge in [-0.15, -0.1) is 0 Å². The molecule has 3 rings (SSSR count). The Bertz CT molecular complexity index is 909. The Labute approximate surface area is 149 Å². The van der Waals surface area contributed by atoms with E-state index >= 15 is 0 Å². The van der Waals surface area contributed by atoms with Gasteiger partial charge in [-0.2, -0.15) is 13.2 Å². The Morgan fingerprint density at radius 2 is 1.65 bits per heavy atom. The van der Waals surface area contributed by atoms with Gasteiger partial charge in [0, 0.05) is 5.69 Å². The minimum atomic E-state index is -4.84. The number of nitrogens with one attached hydrogen (secondary N) is 1. The van der Waals surface area contributed by atoms with Crippen molar-refractivity contribution >= 4 is 28.1 Å². The van der Waals surface area contributed by atoms with Crippen LogP contribution in [0.2, 0.25) is 0 Å². The summed E-state index contributed by atoms with van der Waals surface area (Å²) in [6.07, 6.45) is -4.84. The number of para-hydroxylation sites is 1. The largest absolute Gasteiger partial charge is 0.477 e. The van der Waals surface area contributed by atoms with Gasteiger partial charge in [0.1, 0.15) is 16.4 Å². The summed E-state index contributed by atoms with van der Waals surface area (Å²) < 4.78 is 44.2. The third kappa shape index (κ3) is 4.12. The first kappa shape index (κ1) is 17.7. The van der Waals surface area contributed by atoms with Crippen molar-refractivity contribution in [3.05, 3.63) is 65.2 Å². The Morgan fingerprint density at radius 3 is 2.19 bits per heavy atom. The van der Waals surface area contributed by atoms with Gasteiger partial charge in [0.05, 0.1) is 0 Å². The number of hydrogen-bond donors (Lipinski definition) is 2. The molecule has 0 aliphatic heterocycles. The Balaban J connectivity index is 1.76. The molecule has 2 N–H and O–H groups in total. The van der Waals surface area contributed by atoms with Gasteiger partial charge in [-0.25, -0.2) is 9.78 Å². The average molecular weight is 380 g/mol. The van der Waals surface area contributed by atoms with Crippen molar-refractivity contribution < 1.29 is 27.8 Å². The van der Waals surface area contributed by atoms with E-state index in [0.29, 0.717) is 28.5 Å². The molecule has 1 aromatic heterocycles. The van der Waals surface area contributed by atoms with E-state index in [1.165, 1.54) is 0 Å². The number of nitrogens with zero attached hydrogens (tertiary/aromatic N) is 1. The second kappa shape index (κ2) is 7.04. The minimum absolute atomic E-state index is 0.161. The predicted molar refractivity (Wildman–Crippen MR) is 90.3 cm³/mol. The van der Waals surface area contributed by atoms with Crippen molar-refractivity contribution in [2.45, 2.75) is 6.18 Å². The standard InChI is InChI=1S/C17H11F3N2O3S/c18-17(19,20)14-13(15(23)24)26-16(22-14)21-10-6-8-12(9-7-10)25-11-4-2-1-3-5-11/h1-9H,(H,21,22)(H,23,24). The van der Waals surface area contributed by atoms with E-state index in [9.17, 15) is 18.0 Å². The summed E-state index contributed by atoms with van der Waals surface area (Å²) in [4.78, 5) is 13.5. The lowest BCUT2D eigenvalue weighted by Gasteiger charge is -2.07. The van der Waals surface area contributed by atoms with Crippen LogP contribution in [0.1, 0.15) is 15.4 Å². The highest BCUT2D eigenvalue weighted by Gasteiger charge is 2.39. The minimum Gasteiger partial charge on any atom is -0.477 e. The lowest BCUT2D eigenvalue weighted by molar-refractivity contribution is -0.141. The number of aromatic carboxylic acids is 1. The first-order valence-corrected chi connectivity index (χ1v) is 8.06. The highest BCUT2D eigenvalue weighted by atomic mass is 32.1. The average Bonchev–Trinajstić information content (AvgIpc) is 3.02. The number of carboxylic acids is 1. The number of benzene rings is 2. The van der Waals surface area contributed by atoms with Crippen LogP contribution in [0.4, 0.5) is 24.0 Å². The third-order valence-electron chi connectivity index (χ3n) is 3.17. The molecule has 0 saturated carbocycles. The summed E-state index contributed by atoms with van der Waals surface area (Å²) in [6.45, 7) is 0. The molecule has 134 valence electrons. The van der Waals surface area contributed by atoms with Gasteiger partial charge in [-0.3, -0.25) is 0 Å². The number of halogens is 3. The van der Waals surface area contributed by atoms with Gasteiger partial charge in [0.25, 0.3) is 0 Å². The lowest BCUT2D eigenvalue weighted by Crippen LogP contribution is -2.11. The fourth-order valence-electron chi connectivity index (χ4n) is 2.07. The van der Waals surface area contributed by atoms with E-state index in [2.05, 4.69) is 10.3 Å². The highest BCUT2D eigenvalue weighted by molar-refractivity contribution is 7.17. The first-order chi connectivity index (χ1) is 12.3. The van der Waals surface area contributed by atoms with E-state index in [1.54, 1.807) is 36.4 Å². The summed E-state index contributed by atoms with van der Waals surface area (Å²) in [5.74, 6) is -0.480. The molecule has 0 bridgehead atoms. The molecule has 0 fully saturated rings. The maximum absolute atomic E-state index is 12.9. The molecular weight excluding hydrogens is 369 g/mol. The molecule has 2 aromatic carbocycles. The number of hydrogen-bond acceptors (Lipinski definition) is 5. The van der Waals surface area contributed by atoms with Crippen molar-refractivity contribution in [3.63, 3.8) is 0 Å². The number of thiazole rings is 1. The first-order valence-electron chi connectivity index (χ1n) is 7.24. The van der Waals surface area contributed by atoms with E-state index in [0.717, 1.165) is 0 Å². The third-order valence-corrected chi connectivity index (χ3v) is 4.13. The molecule has 9 heteroatoms. The van der Waals surface area contributed by atoms with Crippen LogP contribution in [0.15, 0.2) is 54.6 Å². The number of rotatable bonds is 5. The molecule has 0 radical (unpaired) electrons. The van der Waals surface area contributed by atoms with Crippen LogP contribution in [0.3, 0.4) is 0 Å². The number of anilines is 2. The number of ether oxygens (including phenoxy) is 1. The molecule has 0 unspecified atom stereocenters. The molecule has 0 spiro atoms. The molecule has 0 amide bonds. The van der Waals surface area contributed by atoms with Gasteiger partial charge >= 0.3 is 12.1 Å². The smallest absolute Gasteiger partial charge is 0.435 e. The zero-order chi connectivity index (χ0) is 18.7. The summed E-state index contributed by atoms with van der Waals surface area (Å²) in [6, 6.07) is 15.5. The lowest BCUT2D eigenvalue weighted by atomic mass is 10.3. The van der Waals surface area contributed by atoms with Gasteiger partial charge in [0.15, 0.2) is 10.8 Å². The van der Waals surface area contributed by atoms with Gasteiger partial charge < -0.3 is 15.2 Å². The van der Waals surface area contributed by atoms with Crippen LogP contribution in [0.25, 0.3) is 0 Å². The molecule has 5 nitrogen and oxygen atoms in total. The number of aromatic nitrogens is 1. The van der Waals surface area contributed by atoms with Crippen LogP contribution >= 0.6 is 11.3 Å². The van der Waals surface area contributed by atoms with Gasteiger partial charge in [-0.1, -0.05) is 29.5 Å².